The molecule has 1 heterocycles. The molecule has 0 fully saturated rings. The minimum absolute atomic E-state index is 0.499. The third-order valence-electron chi connectivity index (χ3n) is 3.34. The van der Waals surface area contributed by atoms with Crippen molar-refractivity contribution < 1.29 is 4.79 Å². The zero-order valence-corrected chi connectivity index (χ0v) is 12.4. The van der Waals surface area contributed by atoms with Crippen molar-refractivity contribution in [2.45, 2.75) is 20.4 Å². The summed E-state index contributed by atoms with van der Waals surface area (Å²) in [6, 6.07) is 9.56. The van der Waals surface area contributed by atoms with Gasteiger partial charge in [0.15, 0.2) is 0 Å². The zero-order valence-electron chi connectivity index (χ0n) is 12.4. The SMILES string of the molecule is Cc1nn(-c2ccccc2)c(C)c1CNCCNC(N)=O. The lowest BCUT2D eigenvalue weighted by Crippen LogP contribution is -2.35. The standard InChI is InChI=1S/C15H21N5O/c1-11-14(10-17-8-9-18-15(16)21)12(2)20(19-11)13-6-4-3-5-7-13/h3-7,17H,8-10H2,1-2H3,(H3,16,18,21). The first-order valence-corrected chi connectivity index (χ1v) is 6.94. The van der Waals surface area contributed by atoms with Gasteiger partial charge in [-0.3, -0.25) is 0 Å². The van der Waals surface area contributed by atoms with E-state index in [4.69, 9.17) is 5.73 Å². The Balaban J connectivity index is 2.01. The van der Waals surface area contributed by atoms with Crippen molar-refractivity contribution in [3.05, 3.63) is 47.3 Å². The Morgan fingerprint density at radius 1 is 1.24 bits per heavy atom. The van der Waals surface area contributed by atoms with Crippen LogP contribution in [0.4, 0.5) is 4.79 Å². The van der Waals surface area contributed by atoms with E-state index in [0.29, 0.717) is 19.6 Å². The van der Waals surface area contributed by atoms with E-state index in [9.17, 15) is 4.79 Å². The molecule has 0 atom stereocenters. The quantitative estimate of drug-likeness (QED) is 0.699. The molecule has 1 aromatic carbocycles. The number of hydrogen-bond acceptors (Lipinski definition) is 3. The minimum atomic E-state index is -0.499. The van der Waals surface area contributed by atoms with Gasteiger partial charge >= 0.3 is 6.03 Å². The van der Waals surface area contributed by atoms with Crippen LogP contribution in [-0.4, -0.2) is 28.9 Å². The fraction of sp³-hybridized carbons (Fsp3) is 0.333. The van der Waals surface area contributed by atoms with Crippen molar-refractivity contribution in [1.82, 2.24) is 20.4 Å². The Bertz CT molecular complexity index is 606. The Kier molecular flexibility index (Phi) is 4.94. The van der Waals surface area contributed by atoms with Crippen molar-refractivity contribution in [3.63, 3.8) is 0 Å². The Hall–Kier alpha value is -2.34. The van der Waals surface area contributed by atoms with Crippen molar-refractivity contribution in [2.24, 2.45) is 5.73 Å². The molecular formula is C15H21N5O. The lowest BCUT2D eigenvalue weighted by molar-refractivity contribution is 0.249. The third kappa shape index (κ3) is 3.82. The molecule has 0 aliphatic rings. The first-order chi connectivity index (χ1) is 10.1. The fourth-order valence-electron chi connectivity index (χ4n) is 2.24. The van der Waals surface area contributed by atoms with Crippen LogP contribution in [0.2, 0.25) is 0 Å². The first-order valence-electron chi connectivity index (χ1n) is 6.94. The number of nitrogens with zero attached hydrogens (tertiary/aromatic N) is 2. The van der Waals surface area contributed by atoms with Gasteiger partial charge in [0.1, 0.15) is 0 Å². The van der Waals surface area contributed by atoms with Crippen molar-refractivity contribution in [1.29, 1.82) is 0 Å². The van der Waals surface area contributed by atoms with E-state index < -0.39 is 6.03 Å². The van der Waals surface area contributed by atoms with Gasteiger partial charge in [0.25, 0.3) is 0 Å². The van der Waals surface area contributed by atoms with Crippen LogP contribution in [0.3, 0.4) is 0 Å². The Labute approximate surface area is 124 Å². The third-order valence-corrected chi connectivity index (χ3v) is 3.34. The number of carbonyl (C=O) groups is 1. The molecule has 21 heavy (non-hydrogen) atoms. The average Bonchev–Trinajstić information content (AvgIpc) is 2.75. The second-order valence-corrected chi connectivity index (χ2v) is 4.86. The summed E-state index contributed by atoms with van der Waals surface area (Å²) in [5, 5.41) is 10.4. The number of aromatic nitrogens is 2. The second-order valence-electron chi connectivity index (χ2n) is 4.86. The number of hydrogen-bond donors (Lipinski definition) is 3. The van der Waals surface area contributed by atoms with Crippen LogP contribution >= 0.6 is 0 Å². The van der Waals surface area contributed by atoms with E-state index in [1.165, 1.54) is 5.56 Å². The molecule has 4 N–H and O–H groups in total. The monoisotopic (exact) mass is 287 g/mol. The second kappa shape index (κ2) is 6.90. The normalized spacial score (nSPS) is 10.6. The van der Waals surface area contributed by atoms with E-state index in [1.807, 2.05) is 41.9 Å². The number of carbonyl (C=O) groups excluding carboxylic acids is 1. The molecule has 2 rings (SSSR count). The number of nitrogens with one attached hydrogen (secondary N) is 2. The summed E-state index contributed by atoms with van der Waals surface area (Å²) < 4.78 is 1.95. The van der Waals surface area contributed by atoms with Gasteiger partial charge in [0.2, 0.25) is 0 Å². The fourth-order valence-corrected chi connectivity index (χ4v) is 2.24. The predicted molar refractivity (Wildman–Crippen MR) is 82.3 cm³/mol. The Morgan fingerprint density at radius 3 is 2.62 bits per heavy atom. The molecule has 0 unspecified atom stereocenters. The minimum Gasteiger partial charge on any atom is -0.352 e. The van der Waals surface area contributed by atoms with Crippen LogP contribution in [0.1, 0.15) is 17.0 Å². The zero-order chi connectivity index (χ0) is 15.2. The summed E-state index contributed by atoms with van der Waals surface area (Å²) in [6.07, 6.45) is 0. The van der Waals surface area contributed by atoms with Crippen LogP contribution in [-0.2, 0) is 6.54 Å². The highest BCUT2D eigenvalue weighted by molar-refractivity contribution is 5.71. The molecule has 0 saturated carbocycles. The Morgan fingerprint density at radius 2 is 1.95 bits per heavy atom. The highest BCUT2D eigenvalue weighted by atomic mass is 16.2. The van der Waals surface area contributed by atoms with E-state index in [-0.39, 0.29) is 0 Å². The lowest BCUT2D eigenvalue weighted by atomic mass is 10.2. The van der Waals surface area contributed by atoms with E-state index in [0.717, 1.165) is 17.1 Å². The number of aryl methyl sites for hydroxylation is 1. The number of urea groups is 1. The van der Waals surface area contributed by atoms with Gasteiger partial charge < -0.3 is 16.4 Å². The molecule has 112 valence electrons. The smallest absolute Gasteiger partial charge is 0.312 e. The summed E-state index contributed by atoms with van der Waals surface area (Å²) in [5.41, 5.74) is 9.37. The van der Waals surface area contributed by atoms with E-state index in [1.54, 1.807) is 0 Å². The molecule has 2 amide bonds. The van der Waals surface area contributed by atoms with E-state index in [2.05, 4.69) is 22.7 Å². The summed E-state index contributed by atoms with van der Waals surface area (Å²) in [7, 11) is 0. The van der Waals surface area contributed by atoms with Crippen LogP contribution in [0.15, 0.2) is 30.3 Å². The molecule has 6 heteroatoms. The lowest BCUT2D eigenvalue weighted by Gasteiger charge is -2.07. The van der Waals surface area contributed by atoms with E-state index >= 15 is 0 Å². The molecule has 0 bridgehead atoms. The molecule has 0 radical (unpaired) electrons. The van der Waals surface area contributed by atoms with Gasteiger partial charge in [-0.15, -0.1) is 0 Å². The topological polar surface area (TPSA) is 85.0 Å². The molecule has 0 aliphatic heterocycles. The molecular weight excluding hydrogens is 266 g/mol. The number of amides is 2. The first kappa shape index (κ1) is 15.1. The summed E-state index contributed by atoms with van der Waals surface area (Å²) >= 11 is 0. The van der Waals surface area contributed by atoms with Gasteiger partial charge in [-0.1, -0.05) is 18.2 Å². The van der Waals surface area contributed by atoms with Gasteiger partial charge in [-0.25, -0.2) is 9.48 Å². The number of nitrogens with two attached hydrogens (primary N) is 1. The van der Waals surface area contributed by atoms with Gasteiger partial charge in [0.05, 0.1) is 11.4 Å². The summed E-state index contributed by atoms with van der Waals surface area (Å²) in [6.45, 7) is 5.96. The molecule has 6 nitrogen and oxygen atoms in total. The van der Waals surface area contributed by atoms with Gasteiger partial charge in [-0.2, -0.15) is 5.10 Å². The summed E-state index contributed by atoms with van der Waals surface area (Å²) in [4.78, 5) is 10.6. The number of benzene rings is 1. The predicted octanol–water partition coefficient (Wildman–Crippen LogP) is 1.25. The number of para-hydroxylation sites is 1. The molecule has 2 aromatic rings. The maximum absolute atomic E-state index is 10.6. The molecule has 0 spiro atoms. The maximum Gasteiger partial charge on any atom is 0.312 e. The van der Waals surface area contributed by atoms with Crippen molar-refractivity contribution in [2.75, 3.05) is 13.1 Å². The largest absolute Gasteiger partial charge is 0.352 e. The number of primary amides is 1. The van der Waals surface area contributed by atoms with Crippen molar-refractivity contribution >= 4 is 6.03 Å². The van der Waals surface area contributed by atoms with Gasteiger partial charge in [0, 0.05) is 30.9 Å². The highest BCUT2D eigenvalue weighted by Crippen LogP contribution is 2.17. The van der Waals surface area contributed by atoms with Gasteiger partial charge in [-0.05, 0) is 26.0 Å². The summed E-state index contributed by atoms with van der Waals surface area (Å²) in [5.74, 6) is 0. The van der Waals surface area contributed by atoms with Crippen LogP contribution in [0.5, 0.6) is 0 Å². The van der Waals surface area contributed by atoms with Crippen LogP contribution in [0, 0.1) is 13.8 Å². The molecule has 0 saturated heterocycles. The maximum atomic E-state index is 10.6. The highest BCUT2D eigenvalue weighted by Gasteiger charge is 2.11. The molecule has 1 aromatic heterocycles. The average molecular weight is 287 g/mol. The van der Waals surface area contributed by atoms with Crippen molar-refractivity contribution in [3.8, 4) is 5.69 Å². The number of rotatable bonds is 6. The van der Waals surface area contributed by atoms with Crippen LogP contribution in [0.25, 0.3) is 5.69 Å². The molecule has 0 aliphatic carbocycles. The van der Waals surface area contributed by atoms with Crippen LogP contribution < -0.4 is 16.4 Å².